The molecule has 0 spiro atoms. The van der Waals surface area contributed by atoms with Crippen LogP contribution in [0, 0.1) is 12.7 Å². The summed E-state index contributed by atoms with van der Waals surface area (Å²) >= 11 is 0. The van der Waals surface area contributed by atoms with Crippen molar-refractivity contribution in [2.75, 3.05) is 27.7 Å². The number of hydrogen-bond donors (Lipinski definition) is 2. The first-order chi connectivity index (χ1) is 16.2. The second-order valence-corrected chi connectivity index (χ2v) is 7.60. The Morgan fingerprint density at radius 3 is 2.62 bits per heavy atom. The Labute approximate surface area is 194 Å². The number of allylic oxidation sites excluding steroid dienone is 1. The van der Waals surface area contributed by atoms with E-state index in [1.807, 2.05) is 0 Å². The molecule has 178 valence electrons. The zero-order chi connectivity index (χ0) is 25.0. The molecular weight excluding hydrogens is 447 g/mol. The van der Waals surface area contributed by atoms with Crippen molar-refractivity contribution in [1.82, 2.24) is 15.5 Å². The highest BCUT2D eigenvalue weighted by atomic mass is 19.1. The number of carbonyl (C=O) groups excluding carboxylic acids is 4. The van der Waals surface area contributed by atoms with Crippen molar-refractivity contribution >= 4 is 36.4 Å². The van der Waals surface area contributed by atoms with Crippen LogP contribution in [-0.2, 0) is 15.1 Å². The van der Waals surface area contributed by atoms with Crippen molar-refractivity contribution in [3.63, 3.8) is 0 Å². The van der Waals surface area contributed by atoms with Crippen molar-refractivity contribution in [1.29, 1.82) is 0 Å². The Balaban J connectivity index is 1.99. The lowest BCUT2D eigenvalue weighted by molar-refractivity contribution is -0.125. The van der Waals surface area contributed by atoms with E-state index in [1.165, 1.54) is 57.8 Å². The first-order valence-electron chi connectivity index (χ1n) is 10.1. The summed E-state index contributed by atoms with van der Waals surface area (Å²) in [6.07, 6.45) is 3.30. The van der Waals surface area contributed by atoms with Crippen molar-refractivity contribution in [2.45, 2.75) is 12.5 Å². The average Bonchev–Trinajstić information content (AvgIpc) is 3.37. The Morgan fingerprint density at radius 2 is 2.03 bits per heavy atom. The highest BCUT2D eigenvalue weighted by Crippen LogP contribution is 2.30. The number of nitrogens with zero attached hydrogens (tertiary/aromatic N) is 2. The molecule has 0 bridgehead atoms. The number of aryl methyl sites for hydroxylation is 1. The van der Waals surface area contributed by atoms with Crippen LogP contribution < -0.4 is 15.4 Å². The summed E-state index contributed by atoms with van der Waals surface area (Å²) in [7, 11) is 4.15. The van der Waals surface area contributed by atoms with Crippen LogP contribution in [0.25, 0.3) is 6.08 Å². The van der Waals surface area contributed by atoms with E-state index in [1.54, 1.807) is 6.92 Å². The molecule has 34 heavy (non-hydrogen) atoms. The average molecular weight is 470 g/mol. The SMILES string of the molecule is CN=C/C(C=O)=C\c1ccc([C@]2(CN(C)C(=O)c3c(C)ccc(OC)c3F)NC(=O)NC2=O)o1. The smallest absolute Gasteiger partial charge is 0.322 e. The van der Waals surface area contributed by atoms with Gasteiger partial charge in [0.15, 0.2) is 23.4 Å². The van der Waals surface area contributed by atoms with E-state index in [0.29, 0.717) is 11.8 Å². The zero-order valence-electron chi connectivity index (χ0n) is 19.0. The van der Waals surface area contributed by atoms with Gasteiger partial charge in [-0.05, 0) is 36.8 Å². The number of rotatable bonds is 8. The molecule has 3 rings (SSSR count). The number of ether oxygens (including phenoxy) is 1. The van der Waals surface area contributed by atoms with Gasteiger partial charge in [0, 0.05) is 25.9 Å². The third-order valence-electron chi connectivity index (χ3n) is 5.28. The zero-order valence-corrected chi connectivity index (χ0v) is 19.0. The number of nitrogens with one attached hydrogen (secondary N) is 2. The lowest BCUT2D eigenvalue weighted by atomic mass is 9.95. The fraction of sp³-hybridized carbons (Fsp3) is 0.261. The van der Waals surface area contributed by atoms with Gasteiger partial charge in [0.05, 0.1) is 19.2 Å². The third kappa shape index (κ3) is 4.45. The van der Waals surface area contributed by atoms with Crippen LogP contribution in [0.4, 0.5) is 9.18 Å². The number of imide groups is 1. The van der Waals surface area contributed by atoms with E-state index in [0.717, 1.165) is 4.90 Å². The van der Waals surface area contributed by atoms with Crippen LogP contribution in [0.5, 0.6) is 5.75 Å². The molecule has 11 heteroatoms. The number of methoxy groups -OCH3 is 1. The number of likely N-dealkylation sites (N-methyl/N-ethyl adjacent to an activating group) is 1. The van der Waals surface area contributed by atoms with Gasteiger partial charge >= 0.3 is 6.03 Å². The van der Waals surface area contributed by atoms with E-state index in [-0.39, 0.29) is 35.0 Å². The maximum atomic E-state index is 14.9. The Morgan fingerprint density at radius 1 is 1.29 bits per heavy atom. The Hall–Kier alpha value is -4.28. The van der Waals surface area contributed by atoms with Crippen LogP contribution in [0.3, 0.4) is 0 Å². The highest BCUT2D eigenvalue weighted by molar-refractivity contribution is 6.08. The molecule has 1 saturated heterocycles. The summed E-state index contributed by atoms with van der Waals surface area (Å²) in [5.41, 5.74) is -1.42. The largest absolute Gasteiger partial charge is 0.494 e. The van der Waals surface area contributed by atoms with Crippen molar-refractivity contribution in [3.8, 4) is 5.75 Å². The van der Waals surface area contributed by atoms with Crippen LogP contribution in [0.1, 0.15) is 27.4 Å². The lowest BCUT2D eigenvalue weighted by Crippen LogP contribution is -2.53. The van der Waals surface area contributed by atoms with Gasteiger partial charge in [-0.3, -0.25) is 24.7 Å². The molecule has 2 N–H and O–H groups in total. The van der Waals surface area contributed by atoms with E-state index in [9.17, 15) is 23.6 Å². The normalized spacial score (nSPS) is 18.1. The van der Waals surface area contributed by atoms with Crippen LogP contribution in [0.2, 0.25) is 0 Å². The van der Waals surface area contributed by atoms with Crippen molar-refractivity contribution < 1.29 is 32.7 Å². The monoisotopic (exact) mass is 470 g/mol. The van der Waals surface area contributed by atoms with Gasteiger partial charge in [0.2, 0.25) is 0 Å². The number of carbonyl (C=O) groups is 4. The van der Waals surface area contributed by atoms with Crippen LogP contribution in [0.15, 0.2) is 39.2 Å². The quantitative estimate of drug-likeness (QED) is 0.262. The van der Waals surface area contributed by atoms with Gasteiger partial charge < -0.3 is 19.4 Å². The number of urea groups is 1. The molecule has 0 aliphatic carbocycles. The molecule has 0 unspecified atom stereocenters. The molecule has 1 aromatic heterocycles. The fourth-order valence-electron chi connectivity index (χ4n) is 3.62. The summed E-state index contributed by atoms with van der Waals surface area (Å²) in [6.45, 7) is 1.20. The Kier molecular flexibility index (Phi) is 6.94. The molecule has 2 heterocycles. The minimum atomic E-state index is -1.78. The number of furan rings is 1. The van der Waals surface area contributed by atoms with Crippen molar-refractivity contribution in [3.05, 3.63) is 58.3 Å². The first-order valence-corrected chi connectivity index (χ1v) is 10.1. The molecule has 1 aliphatic rings. The van der Waals surface area contributed by atoms with Gasteiger partial charge in [-0.15, -0.1) is 0 Å². The van der Waals surface area contributed by atoms with Gasteiger partial charge in [0.1, 0.15) is 11.5 Å². The molecule has 1 atom stereocenters. The molecule has 4 amide bonds. The molecule has 1 aliphatic heterocycles. The molecule has 1 aromatic carbocycles. The second-order valence-electron chi connectivity index (χ2n) is 7.60. The number of aldehydes is 1. The summed E-state index contributed by atoms with van der Waals surface area (Å²) in [5.74, 6) is -2.19. The predicted octanol–water partition coefficient (Wildman–Crippen LogP) is 1.83. The number of amides is 4. The van der Waals surface area contributed by atoms with E-state index >= 15 is 0 Å². The molecular formula is C23H23FN4O6. The van der Waals surface area contributed by atoms with E-state index in [2.05, 4.69) is 15.6 Å². The maximum absolute atomic E-state index is 14.9. The fourth-order valence-corrected chi connectivity index (χ4v) is 3.62. The molecule has 1 fully saturated rings. The molecule has 0 radical (unpaired) electrons. The van der Waals surface area contributed by atoms with Crippen LogP contribution >= 0.6 is 0 Å². The van der Waals surface area contributed by atoms with Gasteiger partial charge in [0.25, 0.3) is 11.8 Å². The van der Waals surface area contributed by atoms with Crippen LogP contribution in [-0.4, -0.2) is 63.0 Å². The van der Waals surface area contributed by atoms with Crippen molar-refractivity contribution in [2.24, 2.45) is 4.99 Å². The first kappa shape index (κ1) is 24.4. The second kappa shape index (κ2) is 9.69. The number of benzene rings is 1. The topological polar surface area (TPSA) is 130 Å². The Bertz CT molecular complexity index is 1220. The molecule has 10 nitrogen and oxygen atoms in total. The predicted molar refractivity (Wildman–Crippen MR) is 120 cm³/mol. The summed E-state index contributed by atoms with van der Waals surface area (Å²) in [6, 6.07) is 5.10. The van der Waals surface area contributed by atoms with Gasteiger partial charge in [-0.2, -0.15) is 0 Å². The van der Waals surface area contributed by atoms with Gasteiger partial charge in [-0.25, -0.2) is 9.18 Å². The number of halogens is 1. The van der Waals surface area contributed by atoms with E-state index in [4.69, 9.17) is 9.15 Å². The summed E-state index contributed by atoms with van der Waals surface area (Å²) in [4.78, 5) is 54.1. The summed E-state index contributed by atoms with van der Waals surface area (Å²) < 4.78 is 25.5. The maximum Gasteiger partial charge on any atom is 0.322 e. The minimum absolute atomic E-state index is 0.0169. The standard InChI is InChI=1S/C23H23FN4O6/c1-13-5-7-16(33-4)19(24)18(13)20(30)28(3)12-23(21(31)26-22(32)27-23)17-8-6-15(34-17)9-14(11-29)10-25-2/h5-11H,12H2,1-4H3,(H2,26,27,31,32)/b14-9+,25-10?/t23-/m0/s1. The highest BCUT2D eigenvalue weighted by Gasteiger charge is 2.51. The number of aliphatic imine (C=N–C) groups is 1. The minimum Gasteiger partial charge on any atom is -0.494 e. The lowest BCUT2D eigenvalue weighted by Gasteiger charge is -2.29. The molecule has 0 saturated carbocycles. The summed E-state index contributed by atoms with van der Waals surface area (Å²) in [5, 5.41) is 4.65. The van der Waals surface area contributed by atoms with E-state index < -0.39 is 29.2 Å². The molecule has 2 aromatic rings. The van der Waals surface area contributed by atoms with Gasteiger partial charge in [-0.1, -0.05) is 6.07 Å². The third-order valence-corrected chi connectivity index (χ3v) is 5.28. The number of hydrogen-bond acceptors (Lipinski definition) is 7.